The number of ether oxygens (including phenoxy) is 1. The SMILES string of the molecule is O=C(O)COc1ccc2c(C(=O)Cc3nccs3)cn(CC3CC3)c2c1. The van der Waals surface area contributed by atoms with Gasteiger partial charge in [-0.15, -0.1) is 11.3 Å². The number of Topliss-reactive ketones (excluding diaryl/α,β-unsaturated/α-hetero) is 1. The van der Waals surface area contributed by atoms with E-state index in [0.717, 1.165) is 22.5 Å². The molecule has 0 bridgehead atoms. The molecule has 2 heterocycles. The Morgan fingerprint density at radius 1 is 1.35 bits per heavy atom. The second-order valence-electron chi connectivity index (χ2n) is 6.53. The molecule has 0 radical (unpaired) electrons. The van der Waals surface area contributed by atoms with E-state index in [9.17, 15) is 9.59 Å². The topological polar surface area (TPSA) is 81.4 Å². The predicted octanol–water partition coefficient (Wildman–Crippen LogP) is 3.40. The molecule has 4 rings (SSSR count). The van der Waals surface area contributed by atoms with Gasteiger partial charge in [0, 0.05) is 41.3 Å². The summed E-state index contributed by atoms with van der Waals surface area (Å²) >= 11 is 1.48. The summed E-state index contributed by atoms with van der Waals surface area (Å²) in [5, 5.41) is 12.3. The Balaban J connectivity index is 1.68. The lowest BCUT2D eigenvalue weighted by Gasteiger charge is -2.06. The second kappa shape index (κ2) is 6.92. The van der Waals surface area contributed by atoms with E-state index < -0.39 is 5.97 Å². The molecule has 7 heteroatoms. The zero-order valence-electron chi connectivity index (χ0n) is 14.1. The van der Waals surface area contributed by atoms with Gasteiger partial charge in [-0.3, -0.25) is 4.79 Å². The third-order valence-corrected chi connectivity index (χ3v) is 5.24. The van der Waals surface area contributed by atoms with Gasteiger partial charge in [0.05, 0.1) is 11.9 Å². The number of fused-ring (bicyclic) bond motifs is 1. The van der Waals surface area contributed by atoms with Crippen LogP contribution in [0.1, 0.15) is 28.2 Å². The van der Waals surface area contributed by atoms with E-state index in [1.807, 2.05) is 23.7 Å². The standard InChI is InChI=1S/C19H18N2O4S/c22-17(8-18-20-5-6-26-18)15-10-21(9-12-1-2-12)16-7-13(3-4-14(15)16)25-11-19(23)24/h3-7,10,12H,1-2,8-9,11H2,(H,23,24). The summed E-state index contributed by atoms with van der Waals surface area (Å²) in [5.41, 5.74) is 1.59. The van der Waals surface area contributed by atoms with E-state index in [1.54, 1.807) is 12.3 Å². The molecule has 1 saturated carbocycles. The van der Waals surface area contributed by atoms with Crippen LogP contribution in [0.4, 0.5) is 0 Å². The summed E-state index contributed by atoms with van der Waals surface area (Å²) in [5.74, 6) is 0.168. The highest BCUT2D eigenvalue weighted by molar-refractivity contribution is 7.09. The monoisotopic (exact) mass is 370 g/mol. The Kier molecular flexibility index (Phi) is 4.46. The van der Waals surface area contributed by atoms with Gasteiger partial charge in [0.15, 0.2) is 12.4 Å². The summed E-state index contributed by atoms with van der Waals surface area (Å²) in [7, 11) is 0. The van der Waals surface area contributed by atoms with E-state index in [0.29, 0.717) is 17.2 Å². The Hall–Kier alpha value is -2.67. The van der Waals surface area contributed by atoms with Gasteiger partial charge in [-0.25, -0.2) is 9.78 Å². The largest absolute Gasteiger partial charge is 0.482 e. The molecule has 2 aromatic heterocycles. The van der Waals surface area contributed by atoms with Gasteiger partial charge in [0.25, 0.3) is 0 Å². The number of aromatic nitrogens is 2. The minimum Gasteiger partial charge on any atom is -0.482 e. The van der Waals surface area contributed by atoms with Gasteiger partial charge in [-0.2, -0.15) is 0 Å². The van der Waals surface area contributed by atoms with Crippen LogP contribution in [0.2, 0.25) is 0 Å². The van der Waals surface area contributed by atoms with Crippen LogP contribution < -0.4 is 4.74 Å². The molecule has 6 nitrogen and oxygen atoms in total. The summed E-state index contributed by atoms with van der Waals surface area (Å²) in [6, 6.07) is 5.37. The van der Waals surface area contributed by atoms with Crippen molar-refractivity contribution in [3.05, 3.63) is 46.5 Å². The minimum atomic E-state index is -1.02. The van der Waals surface area contributed by atoms with Crippen molar-refractivity contribution in [2.24, 2.45) is 5.92 Å². The molecule has 1 fully saturated rings. The van der Waals surface area contributed by atoms with Crippen molar-refractivity contribution in [2.45, 2.75) is 25.8 Å². The van der Waals surface area contributed by atoms with E-state index in [2.05, 4.69) is 9.55 Å². The number of rotatable bonds is 8. The Labute approximate surface area is 154 Å². The number of ketones is 1. The van der Waals surface area contributed by atoms with E-state index in [-0.39, 0.29) is 18.8 Å². The number of aliphatic carboxylic acids is 1. The zero-order valence-corrected chi connectivity index (χ0v) is 14.9. The quantitative estimate of drug-likeness (QED) is 0.615. The maximum atomic E-state index is 12.8. The predicted molar refractivity (Wildman–Crippen MR) is 97.9 cm³/mol. The lowest BCUT2D eigenvalue weighted by atomic mass is 10.1. The van der Waals surface area contributed by atoms with Gasteiger partial charge in [0.2, 0.25) is 0 Å². The molecule has 0 unspecified atom stereocenters. The fourth-order valence-electron chi connectivity index (χ4n) is 3.03. The maximum absolute atomic E-state index is 12.8. The zero-order chi connectivity index (χ0) is 18.1. The van der Waals surface area contributed by atoms with E-state index >= 15 is 0 Å². The molecule has 1 aliphatic carbocycles. The van der Waals surface area contributed by atoms with Crippen LogP contribution in [0, 0.1) is 5.92 Å². The van der Waals surface area contributed by atoms with Crippen molar-refractivity contribution in [1.82, 2.24) is 9.55 Å². The van der Waals surface area contributed by atoms with Crippen LogP contribution in [0.5, 0.6) is 5.75 Å². The van der Waals surface area contributed by atoms with Crippen molar-refractivity contribution in [1.29, 1.82) is 0 Å². The van der Waals surface area contributed by atoms with E-state index in [4.69, 9.17) is 9.84 Å². The first-order valence-electron chi connectivity index (χ1n) is 8.49. The number of carboxylic acid groups (broad SMARTS) is 1. The van der Waals surface area contributed by atoms with Gasteiger partial charge in [-0.05, 0) is 30.9 Å². The Morgan fingerprint density at radius 2 is 2.19 bits per heavy atom. The highest BCUT2D eigenvalue weighted by atomic mass is 32.1. The molecule has 134 valence electrons. The number of hydrogen-bond donors (Lipinski definition) is 1. The first-order chi connectivity index (χ1) is 12.6. The normalized spacial score (nSPS) is 13.8. The number of hydrogen-bond acceptors (Lipinski definition) is 5. The highest BCUT2D eigenvalue weighted by Crippen LogP contribution is 2.34. The van der Waals surface area contributed by atoms with Crippen LogP contribution in [0.3, 0.4) is 0 Å². The van der Waals surface area contributed by atoms with Crippen LogP contribution in [0.25, 0.3) is 10.9 Å². The fourth-order valence-corrected chi connectivity index (χ4v) is 3.65. The summed E-state index contributed by atoms with van der Waals surface area (Å²) in [6.45, 7) is 0.480. The lowest BCUT2D eigenvalue weighted by Crippen LogP contribution is -2.09. The molecule has 0 amide bonds. The van der Waals surface area contributed by atoms with Gasteiger partial charge in [-0.1, -0.05) is 0 Å². The van der Waals surface area contributed by atoms with Gasteiger partial charge < -0.3 is 14.4 Å². The van der Waals surface area contributed by atoms with Crippen LogP contribution in [-0.4, -0.2) is 33.0 Å². The number of benzene rings is 1. The molecule has 0 atom stereocenters. The first kappa shape index (κ1) is 16.8. The number of thiazole rings is 1. The molecule has 26 heavy (non-hydrogen) atoms. The van der Waals surface area contributed by atoms with Crippen molar-refractivity contribution >= 4 is 34.0 Å². The summed E-state index contributed by atoms with van der Waals surface area (Å²) in [4.78, 5) is 27.7. The molecule has 3 aromatic rings. The number of carboxylic acids is 1. The Morgan fingerprint density at radius 3 is 2.88 bits per heavy atom. The average Bonchev–Trinajstić information content (AvgIpc) is 3.15. The lowest BCUT2D eigenvalue weighted by molar-refractivity contribution is -0.139. The van der Waals surface area contributed by atoms with Crippen LogP contribution in [-0.2, 0) is 17.8 Å². The van der Waals surface area contributed by atoms with E-state index in [1.165, 1.54) is 24.2 Å². The van der Waals surface area contributed by atoms with Crippen molar-refractivity contribution in [3.63, 3.8) is 0 Å². The third kappa shape index (κ3) is 3.62. The van der Waals surface area contributed by atoms with Crippen LogP contribution >= 0.6 is 11.3 Å². The van der Waals surface area contributed by atoms with Gasteiger partial charge in [0.1, 0.15) is 10.8 Å². The van der Waals surface area contributed by atoms with Crippen molar-refractivity contribution in [3.8, 4) is 5.75 Å². The van der Waals surface area contributed by atoms with Crippen molar-refractivity contribution in [2.75, 3.05) is 6.61 Å². The molecule has 1 aliphatic rings. The molecule has 0 saturated heterocycles. The molecule has 0 spiro atoms. The molecular formula is C19H18N2O4S. The Bertz CT molecular complexity index is 957. The van der Waals surface area contributed by atoms with Crippen LogP contribution in [0.15, 0.2) is 36.0 Å². The minimum absolute atomic E-state index is 0.0405. The molecule has 1 aromatic carbocycles. The van der Waals surface area contributed by atoms with Crippen molar-refractivity contribution < 1.29 is 19.4 Å². The molecule has 0 aliphatic heterocycles. The smallest absolute Gasteiger partial charge is 0.341 e. The summed E-state index contributed by atoms with van der Waals surface area (Å²) in [6.07, 6.45) is 6.32. The van der Waals surface area contributed by atoms with Gasteiger partial charge >= 0.3 is 5.97 Å². The molecule has 1 N–H and O–H groups in total. The second-order valence-corrected chi connectivity index (χ2v) is 7.50. The fraction of sp³-hybridized carbons (Fsp3) is 0.316. The molecular weight excluding hydrogens is 352 g/mol. The maximum Gasteiger partial charge on any atom is 0.341 e. The summed E-state index contributed by atoms with van der Waals surface area (Å²) < 4.78 is 7.39. The highest BCUT2D eigenvalue weighted by Gasteiger charge is 2.24. The average molecular weight is 370 g/mol. The number of carbonyl (C=O) groups is 2. The number of nitrogens with zero attached hydrogens (tertiary/aromatic N) is 2. The number of carbonyl (C=O) groups excluding carboxylic acids is 1. The third-order valence-electron chi connectivity index (χ3n) is 4.46. The first-order valence-corrected chi connectivity index (χ1v) is 9.37.